The third-order valence-corrected chi connectivity index (χ3v) is 4.12. The van der Waals surface area contributed by atoms with Crippen molar-refractivity contribution < 1.29 is 5.11 Å². The van der Waals surface area contributed by atoms with Crippen LogP contribution in [0.25, 0.3) is 5.57 Å². The van der Waals surface area contributed by atoms with Crippen LogP contribution in [0.1, 0.15) is 30.9 Å². The molecule has 0 saturated carbocycles. The molecule has 0 aliphatic heterocycles. The summed E-state index contributed by atoms with van der Waals surface area (Å²) in [5.41, 5.74) is 4.18. The Kier molecular flexibility index (Phi) is 1.81. The summed E-state index contributed by atoms with van der Waals surface area (Å²) in [7, 11) is 0. The van der Waals surface area contributed by atoms with Gasteiger partial charge in [0, 0.05) is 5.41 Å². The van der Waals surface area contributed by atoms with Crippen molar-refractivity contribution in [2.75, 3.05) is 0 Å². The summed E-state index contributed by atoms with van der Waals surface area (Å²) in [6, 6.07) is 8.60. The van der Waals surface area contributed by atoms with E-state index in [0.717, 1.165) is 19.3 Å². The molecule has 78 valence electrons. The van der Waals surface area contributed by atoms with E-state index in [4.69, 9.17) is 0 Å². The van der Waals surface area contributed by atoms with Crippen molar-refractivity contribution in [2.24, 2.45) is 5.41 Å². The Balaban J connectivity index is 2.16. The zero-order valence-electron chi connectivity index (χ0n) is 9.03. The maximum Gasteiger partial charge on any atom is 0.0668 e. The maximum absolute atomic E-state index is 10.1. The summed E-state index contributed by atoms with van der Waals surface area (Å²) in [6.45, 7) is 2.20. The molecule has 0 fully saturated rings. The van der Waals surface area contributed by atoms with Gasteiger partial charge in [-0.15, -0.1) is 0 Å². The molecule has 2 aliphatic rings. The standard InChI is InChI=1S/C14H16O/c1-14-9-8-10-4-2-3-5-11(10)12(14)6-7-13(14)15/h2-6,13,15H,7-9H2,1H3. The normalized spacial score (nSPS) is 33.2. The highest BCUT2D eigenvalue weighted by Crippen LogP contribution is 2.51. The second kappa shape index (κ2) is 2.96. The number of fused-ring (bicyclic) bond motifs is 3. The van der Waals surface area contributed by atoms with Crippen molar-refractivity contribution in [3.05, 3.63) is 41.5 Å². The largest absolute Gasteiger partial charge is 0.392 e. The summed E-state index contributed by atoms with van der Waals surface area (Å²) in [5, 5.41) is 10.1. The Morgan fingerprint density at radius 1 is 1.33 bits per heavy atom. The number of hydrogen-bond donors (Lipinski definition) is 1. The predicted molar refractivity (Wildman–Crippen MR) is 61.5 cm³/mol. The average molecular weight is 200 g/mol. The van der Waals surface area contributed by atoms with E-state index >= 15 is 0 Å². The lowest BCUT2D eigenvalue weighted by molar-refractivity contribution is 0.0826. The van der Waals surface area contributed by atoms with Crippen LogP contribution in [0.3, 0.4) is 0 Å². The Morgan fingerprint density at radius 2 is 2.13 bits per heavy atom. The summed E-state index contributed by atoms with van der Waals surface area (Å²) in [4.78, 5) is 0. The minimum Gasteiger partial charge on any atom is -0.392 e. The third-order valence-electron chi connectivity index (χ3n) is 4.12. The quantitative estimate of drug-likeness (QED) is 0.682. The van der Waals surface area contributed by atoms with Gasteiger partial charge in [0.15, 0.2) is 0 Å². The second-order valence-electron chi connectivity index (χ2n) is 4.94. The van der Waals surface area contributed by atoms with Gasteiger partial charge in [-0.1, -0.05) is 37.3 Å². The molecule has 3 rings (SSSR count). The minimum atomic E-state index is -0.180. The van der Waals surface area contributed by atoms with Gasteiger partial charge in [0.25, 0.3) is 0 Å². The first-order valence-electron chi connectivity index (χ1n) is 5.69. The molecule has 0 spiro atoms. The van der Waals surface area contributed by atoms with Crippen molar-refractivity contribution in [1.29, 1.82) is 0 Å². The Morgan fingerprint density at radius 3 is 3.00 bits per heavy atom. The molecular formula is C14H16O. The molecule has 1 aromatic rings. The van der Waals surface area contributed by atoms with Gasteiger partial charge in [0.2, 0.25) is 0 Å². The fraction of sp³-hybridized carbons (Fsp3) is 0.429. The number of aryl methyl sites for hydroxylation is 1. The molecule has 0 aromatic heterocycles. The first kappa shape index (κ1) is 9.17. The van der Waals surface area contributed by atoms with Gasteiger partial charge in [-0.2, -0.15) is 0 Å². The lowest BCUT2D eigenvalue weighted by atomic mass is 9.69. The van der Waals surface area contributed by atoms with Gasteiger partial charge in [-0.05, 0) is 36.0 Å². The van der Waals surface area contributed by atoms with Crippen molar-refractivity contribution >= 4 is 5.57 Å². The molecule has 0 amide bonds. The zero-order chi connectivity index (χ0) is 10.5. The molecule has 1 aromatic carbocycles. The van der Waals surface area contributed by atoms with Crippen LogP contribution >= 0.6 is 0 Å². The highest BCUT2D eigenvalue weighted by molar-refractivity contribution is 5.76. The summed E-state index contributed by atoms with van der Waals surface area (Å²) in [5.74, 6) is 0. The average Bonchev–Trinajstić information content (AvgIpc) is 2.56. The van der Waals surface area contributed by atoms with E-state index in [9.17, 15) is 5.11 Å². The van der Waals surface area contributed by atoms with E-state index in [0.29, 0.717) is 0 Å². The fourth-order valence-electron chi connectivity index (χ4n) is 3.02. The van der Waals surface area contributed by atoms with E-state index in [-0.39, 0.29) is 11.5 Å². The Labute approximate surface area is 90.4 Å². The molecule has 1 N–H and O–H groups in total. The van der Waals surface area contributed by atoms with Gasteiger partial charge < -0.3 is 5.11 Å². The first-order chi connectivity index (χ1) is 7.22. The SMILES string of the molecule is CC12CCc3ccccc3C1=CCC2O. The molecule has 0 bridgehead atoms. The molecule has 2 atom stereocenters. The maximum atomic E-state index is 10.1. The molecule has 2 aliphatic carbocycles. The van der Waals surface area contributed by atoms with Crippen LogP contribution in [0.4, 0.5) is 0 Å². The molecule has 15 heavy (non-hydrogen) atoms. The van der Waals surface area contributed by atoms with Crippen molar-refractivity contribution in [2.45, 2.75) is 32.3 Å². The van der Waals surface area contributed by atoms with Gasteiger partial charge in [-0.3, -0.25) is 0 Å². The molecule has 1 nitrogen and oxygen atoms in total. The molecule has 2 unspecified atom stereocenters. The molecule has 0 saturated heterocycles. The van der Waals surface area contributed by atoms with Crippen LogP contribution in [-0.4, -0.2) is 11.2 Å². The van der Waals surface area contributed by atoms with E-state index in [2.05, 4.69) is 37.3 Å². The third kappa shape index (κ3) is 1.13. The molecular weight excluding hydrogens is 184 g/mol. The number of rotatable bonds is 0. The minimum absolute atomic E-state index is 0.00829. The highest BCUT2D eigenvalue weighted by atomic mass is 16.3. The van der Waals surface area contributed by atoms with Crippen LogP contribution in [-0.2, 0) is 6.42 Å². The van der Waals surface area contributed by atoms with Crippen LogP contribution in [0, 0.1) is 5.41 Å². The molecule has 0 heterocycles. The topological polar surface area (TPSA) is 20.2 Å². The molecule has 0 radical (unpaired) electrons. The van der Waals surface area contributed by atoms with Gasteiger partial charge in [-0.25, -0.2) is 0 Å². The lowest BCUT2D eigenvalue weighted by Gasteiger charge is -2.37. The zero-order valence-corrected chi connectivity index (χ0v) is 9.03. The number of aliphatic hydroxyl groups is 1. The monoisotopic (exact) mass is 200 g/mol. The van der Waals surface area contributed by atoms with Gasteiger partial charge in [0.05, 0.1) is 6.10 Å². The van der Waals surface area contributed by atoms with E-state index in [1.807, 2.05) is 0 Å². The van der Waals surface area contributed by atoms with Crippen molar-refractivity contribution in [3.8, 4) is 0 Å². The van der Waals surface area contributed by atoms with Gasteiger partial charge in [0.1, 0.15) is 0 Å². The first-order valence-corrected chi connectivity index (χ1v) is 5.69. The van der Waals surface area contributed by atoms with Crippen LogP contribution < -0.4 is 0 Å². The van der Waals surface area contributed by atoms with Crippen LogP contribution in [0.15, 0.2) is 30.3 Å². The van der Waals surface area contributed by atoms with E-state index < -0.39 is 0 Å². The Hall–Kier alpha value is -1.08. The summed E-state index contributed by atoms with van der Waals surface area (Å²) in [6.07, 6.45) is 5.04. The summed E-state index contributed by atoms with van der Waals surface area (Å²) >= 11 is 0. The number of hydrogen-bond acceptors (Lipinski definition) is 1. The molecule has 1 heteroatoms. The van der Waals surface area contributed by atoms with Crippen LogP contribution in [0.5, 0.6) is 0 Å². The fourth-order valence-corrected chi connectivity index (χ4v) is 3.02. The van der Waals surface area contributed by atoms with Gasteiger partial charge >= 0.3 is 0 Å². The lowest BCUT2D eigenvalue weighted by Crippen LogP contribution is -2.32. The van der Waals surface area contributed by atoms with E-state index in [1.165, 1.54) is 16.7 Å². The van der Waals surface area contributed by atoms with Crippen molar-refractivity contribution in [3.63, 3.8) is 0 Å². The van der Waals surface area contributed by atoms with Crippen LogP contribution in [0.2, 0.25) is 0 Å². The number of aliphatic hydroxyl groups excluding tert-OH is 1. The number of benzene rings is 1. The van der Waals surface area contributed by atoms with Crippen molar-refractivity contribution in [1.82, 2.24) is 0 Å². The Bertz CT molecular complexity index is 433. The predicted octanol–water partition coefficient (Wildman–Crippen LogP) is 2.79. The van der Waals surface area contributed by atoms with E-state index in [1.54, 1.807) is 0 Å². The second-order valence-corrected chi connectivity index (χ2v) is 4.94. The highest BCUT2D eigenvalue weighted by Gasteiger charge is 2.43. The summed E-state index contributed by atoms with van der Waals surface area (Å²) < 4.78 is 0. The smallest absolute Gasteiger partial charge is 0.0668 e.